The van der Waals surface area contributed by atoms with Crippen LogP contribution in [0.25, 0.3) is 0 Å². The lowest BCUT2D eigenvalue weighted by atomic mass is 10.1. The average Bonchev–Trinajstić information content (AvgIpc) is 1.98. The molecule has 0 radical (unpaired) electrons. The fourth-order valence-corrected chi connectivity index (χ4v) is 1.40. The number of hydrogen-bond acceptors (Lipinski definition) is 2. The summed E-state index contributed by atoms with van der Waals surface area (Å²) in [6.45, 7) is 0. The smallest absolute Gasteiger partial charge is 0.420 e. The van der Waals surface area contributed by atoms with Crippen LogP contribution in [0.3, 0.4) is 0 Å². The number of rotatable bonds is 0. The summed E-state index contributed by atoms with van der Waals surface area (Å²) >= 11 is 2.44. The van der Waals surface area contributed by atoms with Gasteiger partial charge in [-0.25, -0.2) is 4.39 Å². The Hall–Kier alpha value is -0.980. The topological polar surface area (TPSA) is 46.2 Å². The lowest BCUT2D eigenvalue weighted by Crippen LogP contribution is -2.11. The normalized spacial score (nSPS) is 11.8. The van der Waals surface area contributed by atoms with Crippen molar-refractivity contribution in [3.8, 4) is 5.75 Å². The minimum absolute atomic E-state index is 0.703. The second-order valence-electron chi connectivity index (χ2n) is 2.49. The monoisotopic (exact) mass is 273 g/mol. The Labute approximate surface area is 84.5 Å². The van der Waals surface area contributed by atoms with Gasteiger partial charge in [0.1, 0.15) is 11.3 Å². The van der Waals surface area contributed by atoms with E-state index < -0.39 is 33.5 Å². The molecule has 0 saturated heterocycles. The van der Waals surface area contributed by atoms with Gasteiger partial charge in [-0.05, 0) is 15.9 Å². The number of nitrogens with two attached hydrogens (primary N) is 1. The van der Waals surface area contributed by atoms with Crippen LogP contribution >= 0.6 is 15.9 Å². The van der Waals surface area contributed by atoms with Gasteiger partial charge in [-0.3, -0.25) is 0 Å². The highest BCUT2D eigenvalue weighted by Crippen LogP contribution is 2.42. The minimum atomic E-state index is -4.91. The summed E-state index contributed by atoms with van der Waals surface area (Å²) in [5.41, 5.74) is 2.58. The highest BCUT2D eigenvalue weighted by Gasteiger charge is 2.38. The van der Waals surface area contributed by atoms with E-state index in [0.29, 0.717) is 6.07 Å². The van der Waals surface area contributed by atoms with E-state index in [1.54, 1.807) is 0 Å². The molecular weight excluding hydrogens is 270 g/mol. The third kappa shape index (κ3) is 1.77. The summed E-state index contributed by atoms with van der Waals surface area (Å²) in [6.07, 6.45) is -4.91. The number of phenols is 1. The molecule has 0 aromatic heterocycles. The van der Waals surface area contributed by atoms with Crippen LogP contribution in [0.4, 0.5) is 23.2 Å². The van der Waals surface area contributed by atoms with Gasteiger partial charge in [-0.2, -0.15) is 13.2 Å². The van der Waals surface area contributed by atoms with E-state index in [1.165, 1.54) is 0 Å². The first-order valence-corrected chi connectivity index (χ1v) is 4.08. The molecule has 0 saturated carbocycles. The Morgan fingerprint density at radius 2 is 1.86 bits per heavy atom. The molecule has 1 aromatic rings. The molecule has 78 valence electrons. The Bertz CT molecular complexity index is 351. The van der Waals surface area contributed by atoms with Crippen molar-refractivity contribution in [1.29, 1.82) is 0 Å². The third-order valence-corrected chi connectivity index (χ3v) is 2.30. The largest absolute Gasteiger partial charge is 0.507 e. The van der Waals surface area contributed by atoms with E-state index in [9.17, 15) is 17.6 Å². The van der Waals surface area contributed by atoms with Crippen molar-refractivity contribution >= 4 is 21.6 Å². The van der Waals surface area contributed by atoms with Gasteiger partial charge >= 0.3 is 6.18 Å². The standard InChI is InChI=1S/C7H4BrF4NO/c8-5-3(14)1-2(13)6(9)4(5)7(10,11)12/h1,14H,13H2. The molecule has 0 spiro atoms. The molecule has 1 rings (SSSR count). The zero-order valence-corrected chi connectivity index (χ0v) is 8.08. The quantitative estimate of drug-likeness (QED) is 0.564. The first-order chi connectivity index (χ1) is 6.25. The molecule has 0 atom stereocenters. The molecule has 1 aromatic carbocycles. The third-order valence-electron chi connectivity index (χ3n) is 1.49. The lowest BCUT2D eigenvalue weighted by Gasteiger charge is -2.12. The zero-order chi connectivity index (χ0) is 11.1. The number of alkyl halides is 3. The van der Waals surface area contributed by atoms with Gasteiger partial charge in [0.05, 0.1) is 10.2 Å². The number of anilines is 1. The fourth-order valence-electron chi connectivity index (χ4n) is 0.892. The first-order valence-electron chi connectivity index (χ1n) is 3.28. The predicted molar refractivity (Wildman–Crippen MR) is 45.2 cm³/mol. The van der Waals surface area contributed by atoms with Crippen LogP contribution in [0.15, 0.2) is 10.5 Å². The molecule has 0 amide bonds. The van der Waals surface area contributed by atoms with Gasteiger partial charge in [0.25, 0.3) is 0 Å². The summed E-state index contributed by atoms with van der Waals surface area (Å²) in [7, 11) is 0. The number of benzene rings is 1. The van der Waals surface area contributed by atoms with Gasteiger partial charge in [-0.1, -0.05) is 0 Å². The van der Waals surface area contributed by atoms with Crippen LogP contribution in [0.2, 0.25) is 0 Å². The fraction of sp³-hybridized carbons (Fsp3) is 0.143. The zero-order valence-electron chi connectivity index (χ0n) is 6.49. The number of hydrogen-bond donors (Lipinski definition) is 2. The molecule has 0 aliphatic heterocycles. The van der Waals surface area contributed by atoms with Crippen molar-refractivity contribution in [3.63, 3.8) is 0 Å². The van der Waals surface area contributed by atoms with Crippen LogP contribution in [0, 0.1) is 5.82 Å². The second-order valence-corrected chi connectivity index (χ2v) is 3.28. The predicted octanol–water partition coefficient (Wildman–Crippen LogP) is 2.89. The van der Waals surface area contributed by atoms with E-state index in [-0.39, 0.29) is 0 Å². The van der Waals surface area contributed by atoms with Crippen LogP contribution in [0.1, 0.15) is 5.56 Å². The van der Waals surface area contributed by atoms with Gasteiger partial charge in [-0.15, -0.1) is 0 Å². The van der Waals surface area contributed by atoms with Crippen molar-refractivity contribution in [2.75, 3.05) is 5.73 Å². The molecule has 0 heterocycles. The van der Waals surface area contributed by atoms with Gasteiger partial charge < -0.3 is 10.8 Å². The molecule has 0 bridgehead atoms. The van der Waals surface area contributed by atoms with Crippen LogP contribution in [0.5, 0.6) is 5.75 Å². The summed E-state index contributed by atoms with van der Waals surface area (Å²) < 4.78 is 48.9. The Balaban J connectivity index is 3.56. The van der Waals surface area contributed by atoms with E-state index >= 15 is 0 Å². The molecule has 0 aliphatic rings. The summed E-state index contributed by atoms with van der Waals surface area (Å²) in [6, 6.07) is 0.703. The molecule has 0 unspecified atom stereocenters. The molecule has 14 heavy (non-hydrogen) atoms. The highest BCUT2D eigenvalue weighted by molar-refractivity contribution is 9.10. The SMILES string of the molecule is Nc1cc(O)c(Br)c(C(F)(F)F)c1F. The number of aromatic hydroxyl groups is 1. The Morgan fingerprint density at radius 1 is 1.36 bits per heavy atom. The maximum Gasteiger partial charge on any atom is 0.420 e. The number of phenolic OH excluding ortho intramolecular Hbond substituents is 1. The Kier molecular flexibility index (Phi) is 2.62. The number of halogens is 5. The van der Waals surface area contributed by atoms with Gasteiger partial charge in [0.15, 0.2) is 5.82 Å². The van der Waals surface area contributed by atoms with Crippen molar-refractivity contribution in [1.82, 2.24) is 0 Å². The Morgan fingerprint density at radius 3 is 2.29 bits per heavy atom. The summed E-state index contributed by atoms with van der Waals surface area (Å²) in [5.74, 6) is -2.35. The molecule has 3 N–H and O–H groups in total. The van der Waals surface area contributed by atoms with Crippen LogP contribution < -0.4 is 5.73 Å². The van der Waals surface area contributed by atoms with E-state index in [2.05, 4.69) is 15.9 Å². The number of nitrogen functional groups attached to an aromatic ring is 1. The van der Waals surface area contributed by atoms with E-state index in [1.807, 2.05) is 0 Å². The minimum Gasteiger partial charge on any atom is -0.507 e. The van der Waals surface area contributed by atoms with E-state index in [0.717, 1.165) is 0 Å². The molecular formula is C7H4BrF4NO. The van der Waals surface area contributed by atoms with Gasteiger partial charge in [0.2, 0.25) is 0 Å². The van der Waals surface area contributed by atoms with Crippen LogP contribution in [-0.4, -0.2) is 5.11 Å². The van der Waals surface area contributed by atoms with Crippen molar-refractivity contribution < 1.29 is 22.7 Å². The van der Waals surface area contributed by atoms with Crippen LogP contribution in [-0.2, 0) is 6.18 Å². The van der Waals surface area contributed by atoms with Gasteiger partial charge in [0, 0.05) is 6.07 Å². The highest BCUT2D eigenvalue weighted by atomic mass is 79.9. The molecule has 2 nitrogen and oxygen atoms in total. The van der Waals surface area contributed by atoms with E-state index in [4.69, 9.17) is 10.8 Å². The van der Waals surface area contributed by atoms with Crippen molar-refractivity contribution in [3.05, 3.63) is 21.9 Å². The molecule has 0 aliphatic carbocycles. The summed E-state index contributed by atoms with van der Waals surface area (Å²) in [4.78, 5) is 0. The molecule has 7 heteroatoms. The second kappa shape index (κ2) is 3.30. The maximum atomic E-state index is 13.0. The lowest BCUT2D eigenvalue weighted by molar-refractivity contribution is -0.140. The van der Waals surface area contributed by atoms with Crippen molar-refractivity contribution in [2.45, 2.75) is 6.18 Å². The first kappa shape index (κ1) is 11.1. The average molecular weight is 274 g/mol. The summed E-state index contributed by atoms with van der Waals surface area (Å²) in [5, 5.41) is 8.98. The maximum absolute atomic E-state index is 13.0. The van der Waals surface area contributed by atoms with Crippen molar-refractivity contribution in [2.24, 2.45) is 0 Å². The molecule has 0 fully saturated rings.